The number of halogens is 1. The number of rotatable bonds is 6. The van der Waals surface area contributed by atoms with Gasteiger partial charge in [0.2, 0.25) is 5.91 Å². The molecule has 0 aliphatic carbocycles. The fourth-order valence-corrected chi connectivity index (χ4v) is 3.26. The van der Waals surface area contributed by atoms with Gasteiger partial charge in [-0.05, 0) is 55.5 Å². The highest BCUT2D eigenvalue weighted by Crippen LogP contribution is 2.27. The van der Waals surface area contributed by atoms with E-state index in [0.29, 0.717) is 12.5 Å². The fourth-order valence-electron chi connectivity index (χ4n) is 2.43. The Morgan fingerprint density at radius 2 is 1.82 bits per heavy atom. The molecule has 0 atom stereocenters. The minimum absolute atomic E-state index is 0. The Balaban J connectivity index is 0.00000392. The van der Waals surface area contributed by atoms with Gasteiger partial charge < -0.3 is 20.7 Å². The van der Waals surface area contributed by atoms with Gasteiger partial charge in [0.15, 0.2) is 5.96 Å². The highest BCUT2D eigenvalue weighted by molar-refractivity contribution is 14.0. The molecule has 1 aromatic carbocycles. The molecule has 3 N–H and O–H groups in total. The molecule has 6 nitrogen and oxygen atoms in total. The fraction of sp³-hybridized carbons (Fsp3) is 0.400. The lowest BCUT2D eigenvalue weighted by molar-refractivity contribution is -0.121. The van der Waals surface area contributed by atoms with E-state index in [9.17, 15) is 4.79 Å². The molecule has 0 saturated carbocycles. The number of amides is 1. The average Bonchev–Trinajstić information content (AvgIpc) is 3.09. The van der Waals surface area contributed by atoms with E-state index in [0.717, 1.165) is 11.3 Å². The van der Waals surface area contributed by atoms with Crippen molar-refractivity contribution in [2.75, 3.05) is 20.7 Å². The second kappa shape index (κ2) is 11.3. The van der Waals surface area contributed by atoms with E-state index in [1.807, 2.05) is 45.0 Å². The van der Waals surface area contributed by atoms with Gasteiger partial charge in [0, 0.05) is 17.5 Å². The van der Waals surface area contributed by atoms with Gasteiger partial charge in [-0.3, -0.25) is 9.79 Å². The maximum absolute atomic E-state index is 11.9. The SMILES string of the molecule is CN=C(NCC(=O)NC(C)(C)C)NCc1cc(-c2ccc(OC)cc2)cs1.I. The van der Waals surface area contributed by atoms with Crippen LogP contribution in [0.3, 0.4) is 0 Å². The van der Waals surface area contributed by atoms with E-state index in [1.54, 1.807) is 25.5 Å². The van der Waals surface area contributed by atoms with Crippen LogP contribution >= 0.6 is 35.3 Å². The van der Waals surface area contributed by atoms with Gasteiger partial charge in [0.1, 0.15) is 5.75 Å². The molecule has 1 heterocycles. The van der Waals surface area contributed by atoms with Crippen LogP contribution in [0.15, 0.2) is 40.7 Å². The summed E-state index contributed by atoms with van der Waals surface area (Å²) in [7, 11) is 3.35. The van der Waals surface area contributed by atoms with Crippen LogP contribution in [0.2, 0.25) is 0 Å². The van der Waals surface area contributed by atoms with Gasteiger partial charge in [-0.25, -0.2) is 0 Å². The second-order valence-electron chi connectivity index (χ2n) is 7.11. The van der Waals surface area contributed by atoms with Crippen molar-refractivity contribution in [1.29, 1.82) is 0 Å². The number of carbonyl (C=O) groups excluding carboxylic acids is 1. The van der Waals surface area contributed by atoms with Crippen molar-refractivity contribution < 1.29 is 9.53 Å². The van der Waals surface area contributed by atoms with Gasteiger partial charge >= 0.3 is 0 Å². The Kier molecular flexibility index (Phi) is 9.74. The maximum atomic E-state index is 11.9. The Hall–Kier alpha value is -1.81. The number of nitrogens with one attached hydrogen (secondary N) is 3. The molecule has 2 rings (SSSR count). The zero-order chi connectivity index (χ0) is 19.9. The molecule has 0 saturated heterocycles. The van der Waals surface area contributed by atoms with Crippen LogP contribution in [-0.4, -0.2) is 38.1 Å². The summed E-state index contributed by atoms with van der Waals surface area (Å²) in [6, 6.07) is 10.2. The molecule has 0 spiro atoms. The van der Waals surface area contributed by atoms with Crippen molar-refractivity contribution in [3.05, 3.63) is 40.6 Å². The largest absolute Gasteiger partial charge is 0.497 e. The Morgan fingerprint density at radius 1 is 1.14 bits per heavy atom. The molecule has 28 heavy (non-hydrogen) atoms. The average molecular weight is 516 g/mol. The highest BCUT2D eigenvalue weighted by Gasteiger charge is 2.13. The van der Waals surface area contributed by atoms with E-state index in [4.69, 9.17) is 4.74 Å². The number of thiophene rings is 1. The quantitative estimate of drug-likeness (QED) is 0.312. The normalized spacial score (nSPS) is 11.4. The first-order chi connectivity index (χ1) is 12.8. The van der Waals surface area contributed by atoms with Crippen molar-refractivity contribution in [2.45, 2.75) is 32.9 Å². The molecule has 0 radical (unpaired) electrons. The zero-order valence-corrected chi connectivity index (χ0v) is 20.1. The molecule has 1 amide bonds. The highest BCUT2D eigenvalue weighted by atomic mass is 127. The number of aliphatic imine (C=N–C) groups is 1. The third-order valence-corrected chi connectivity index (χ3v) is 4.60. The first-order valence-electron chi connectivity index (χ1n) is 8.78. The van der Waals surface area contributed by atoms with Gasteiger partial charge in [-0.15, -0.1) is 35.3 Å². The molecule has 1 aromatic heterocycles. The van der Waals surface area contributed by atoms with Crippen LogP contribution in [0.1, 0.15) is 25.6 Å². The maximum Gasteiger partial charge on any atom is 0.239 e. The third kappa shape index (κ3) is 8.05. The lowest BCUT2D eigenvalue weighted by Gasteiger charge is -2.21. The van der Waals surface area contributed by atoms with Crippen molar-refractivity contribution in [3.8, 4) is 16.9 Å². The summed E-state index contributed by atoms with van der Waals surface area (Å²) in [4.78, 5) is 17.2. The number of carbonyl (C=O) groups is 1. The van der Waals surface area contributed by atoms with Gasteiger partial charge in [0.05, 0.1) is 20.2 Å². The summed E-state index contributed by atoms with van der Waals surface area (Å²) in [6.07, 6.45) is 0. The van der Waals surface area contributed by atoms with Crippen LogP contribution in [0.25, 0.3) is 11.1 Å². The molecular formula is C20H29IN4O2S. The second-order valence-corrected chi connectivity index (χ2v) is 8.10. The number of hydrogen-bond acceptors (Lipinski definition) is 4. The summed E-state index contributed by atoms with van der Waals surface area (Å²) >= 11 is 1.68. The number of methoxy groups -OCH3 is 1. The summed E-state index contributed by atoms with van der Waals surface area (Å²) < 4.78 is 5.20. The summed E-state index contributed by atoms with van der Waals surface area (Å²) in [5.74, 6) is 1.38. The molecule has 0 aliphatic heterocycles. The van der Waals surface area contributed by atoms with E-state index in [-0.39, 0.29) is 42.0 Å². The number of guanidine groups is 1. The molecule has 0 unspecified atom stereocenters. The smallest absolute Gasteiger partial charge is 0.239 e. The summed E-state index contributed by atoms with van der Waals surface area (Å²) in [5, 5.41) is 11.3. The molecular weight excluding hydrogens is 487 g/mol. The number of hydrogen-bond donors (Lipinski definition) is 3. The first kappa shape index (κ1) is 24.2. The predicted molar refractivity (Wildman–Crippen MR) is 128 cm³/mol. The lowest BCUT2D eigenvalue weighted by Crippen LogP contribution is -2.48. The van der Waals surface area contributed by atoms with Crippen molar-refractivity contribution in [3.63, 3.8) is 0 Å². The van der Waals surface area contributed by atoms with Crippen LogP contribution < -0.4 is 20.7 Å². The van der Waals surface area contributed by atoms with E-state index < -0.39 is 0 Å². The number of benzene rings is 1. The van der Waals surface area contributed by atoms with Gasteiger partial charge in [-0.1, -0.05) is 12.1 Å². The summed E-state index contributed by atoms with van der Waals surface area (Å²) in [6.45, 7) is 6.68. The molecule has 0 fully saturated rings. The van der Waals surface area contributed by atoms with E-state index in [2.05, 4.69) is 32.4 Å². The minimum Gasteiger partial charge on any atom is -0.497 e. The van der Waals surface area contributed by atoms with E-state index >= 15 is 0 Å². The molecule has 2 aromatic rings. The predicted octanol–water partition coefficient (Wildman–Crippen LogP) is 3.62. The van der Waals surface area contributed by atoms with Crippen molar-refractivity contribution in [1.82, 2.24) is 16.0 Å². The standard InChI is InChI=1S/C20H28N4O2S.HI/c1-20(2,3)24-18(25)12-23-19(21-4)22-11-17-10-15(13-27-17)14-6-8-16(26-5)9-7-14;/h6-10,13H,11-12H2,1-5H3,(H,24,25)(H2,21,22,23);1H. The third-order valence-electron chi connectivity index (χ3n) is 3.66. The molecule has 8 heteroatoms. The van der Waals surface area contributed by atoms with Gasteiger partial charge in [0.25, 0.3) is 0 Å². The molecule has 0 bridgehead atoms. The van der Waals surface area contributed by atoms with Crippen LogP contribution in [-0.2, 0) is 11.3 Å². The van der Waals surface area contributed by atoms with Gasteiger partial charge in [-0.2, -0.15) is 0 Å². The molecule has 0 aliphatic rings. The molecule has 154 valence electrons. The zero-order valence-electron chi connectivity index (χ0n) is 17.0. The number of ether oxygens (including phenoxy) is 1. The first-order valence-corrected chi connectivity index (χ1v) is 9.66. The Labute approximate surface area is 188 Å². The monoisotopic (exact) mass is 516 g/mol. The Morgan fingerprint density at radius 3 is 2.39 bits per heavy atom. The minimum atomic E-state index is -0.245. The van der Waals surface area contributed by atoms with Crippen LogP contribution in [0.4, 0.5) is 0 Å². The topological polar surface area (TPSA) is 74.8 Å². The van der Waals surface area contributed by atoms with E-state index in [1.165, 1.54) is 10.4 Å². The Bertz CT molecular complexity index is 782. The van der Waals surface area contributed by atoms with Crippen LogP contribution in [0, 0.1) is 0 Å². The lowest BCUT2D eigenvalue weighted by atomic mass is 10.1. The summed E-state index contributed by atoms with van der Waals surface area (Å²) in [5.41, 5.74) is 2.08. The number of nitrogens with zero attached hydrogens (tertiary/aromatic N) is 1. The van der Waals surface area contributed by atoms with Crippen molar-refractivity contribution in [2.24, 2.45) is 4.99 Å². The van der Waals surface area contributed by atoms with Crippen LogP contribution in [0.5, 0.6) is 5.75 Å². The van der Waals surface area contributed by atoms with Crippen molar-refractivity contribution >= 4 is 47.2 Å².